The monoisotopic (exact) mass is 303 g/mol. The molecular formula is C14H25NO6. The molecule has 0 aliphatic carbocycles. The molecule has 0 saturated heterocycles. The van der Waals surface area contributed by atoms with Gasteiger partial charge >= 0.3 is 18.0 Å². The number of esters is 1. The fraction of sp³-hybridized carbons (Fsp3) is 0.786. The van der Waals surface area contributed by atoms with Crippen LogP contribution in [0.4, 0.5) is 4.79 Å². The number of carbonyl (C=O) groups excluding carboxylic acids is 2. The van der Waals surface area contributed by atoms with Gasteiger partial charge in [0, 0.05) is 26.8 Å². The second-order valence-electron chi connectivity index (χ2n) is 5.18. The van der Waals surface area contributed by atoms with Crippen molar-refractivity contribution in [3.05, 3.63) is 0 Å². The van der Waals surface area contributed by atoms with Gasteiger partial charge in [0.2, 0.25) is 6.29 Å². The summed E-state index contributed by atoms with van der Waals surface area (Å²) in [4.78, 5) is 33.0. The van der Waals surface area contributed by atoms with E-state index in [1.807, 2.05) is 13.8 Å². The Hall–Kier alpha value is -1.79. The van der Waals surface area contributed by atoms with Crippen LogP contribution in [-0.2, 0) is 19.1 Å². The number of ether oxygens (including phenoxy) is 2. The maximum Gasteiger partial charge on any atom is 0.410 e. The van der Waals surface area contributed by atoms with Crippen molar-refractivity contribution in [3.63, 3.8) is 0 Å². The largest absolute Gasteiger partial charge is 0.481 e. The van der Waals surface area contributed by atoms with Crippen LogP contribution in [0.1, 0.15) is 47.0 Å². The van der Waals surface area contributed by atoms with E-state index in [9.17, 15) is 14.4 Å². The highest BCUT2D eigenvalue weighted by molar-refractivity contribution is 5.69. The average molecular weight is 303 g/mol. The number of carboxylic acid groups (broad SMARTS) is 1. The van der Waals surface area contributed by atoms with Crippen molar-refractivity contribution in [2.45, 2.75) is 53.2 Å². The van der Waals surface area contributed by atoms with Crippen molar-refractivity contribution in [1.82, 2.24) is 5.32 Å². The highest BCUT2D eigenvalue weighted by Gasteiger charge is 2.18. The van der Waals surface area contributed by atoms with E-state index in [0.29, 0.717) is 12.3 Å². The van der Waals surface area contributed by atoms with Gasteiger partial charge in [-0.1, -0.05) is 20.3 Å². The van der Waals surface area contributed by atoms with E-state index in [-0.39, 0.29) is 18.9 Å². The van der Waals surface area contributed by atoms with Crippen LogP contribution in [0.5, 0.6) is 0 Å². The third-order valence-electron chi connectivity index (χ3n) is 3.04. The van der Waals surface area contributed by atoms with E-state index in [1.54, 1.807) is 0 Å². The molecule has 0 fully saturated rings. The second kappa shape index (κ2) is 10.0. The number of carboxylic acids is 1. The molecular weight excluding hydrogens is 278 g/mol. The van der Waals surface area contributed by atoms with Crippen molar-refractivity contribution in [2.24, 2.45) is 11.8 Å². The van der Waals surface area contributed by atoms with E-state index in [0.717, 1.165) is 6.42 Å². The number of rotatable bonds is 9. The Balaban J connectivity index is 4.23. The lowest BCUT2D eigenvalue weighted by Gasteiger charge is -2.20. The summed E-state index contributed by atoms with van der Waals surface area (Å²) in [6.07, 6.45) is -0.0604. The van der Waals surface area contributed by atoms with Crippen molar-refractivity contribution in [1.29, 1.82) is 0 Å². The predicted molar refractivity (Wildman–Crippen MR) is 75.5 cm³/mol. The van der Waals surface area contributed by atoms with Crippen LogP contribution in [0.15, 0.2) is 0 Å². The molecule has 122 valence electrons. The van der Waals surface area contributed by atoms with Crippen LogP contribution in [0.3, 0.4) is 0 Å². The summed E-state index contributed by atoms with van der Waals surface area (Å²) >= 11 is 0. The minimum atomic E-state index is -0.977. The van der Waals surface area contributed by atoms with Crippen LogP contribution in [0, 0.1) is 11.8 Å². The van der Waals surface area contributed by atoms with Crippen molar-refractivity contribution >= 4 is 18.0 Å². The van der Waals surface area contributed by atoms with Crippen LogP contribution in [0.2, 0.25) is 0 Å². The molecule has 1 amide bonds. The third-order valence-corrected chi connectivity index (χ3v) is 3.04. The maximum absolute atomic E-state index is 11.5. The first-order chi connectivity index (χ1) is 9.74. The molecule has 0 aromatic carbocycles. The molecule has 0 unspecified atom stereocenters. The minimum Gasteiger partial charge on any atom is -0.481 e. The average Bonchev–Trinajstić information content (AvgIpc) is 2.33. The summed E-state index contributed by atoms with van der Waals surface area (Å²) in [6.45, 7) is 6.92. The quantitative estimate of drug-likeness (QED) is 0.500. The van der Waals surface area contributed by atoms with Gasteiger partial charge in [-0.2, -0.15) is 0 Å². The summed E-state index contributed by atoms with van der Waals surface area (Å²) in [5, 5.41) is 11.4. The van der Waals surface area contributed by atoms with Crippen LogP contribution < -0.4 is 5.32 Å². The number of aliphatic carboxylic acids is 1. The number of alkyl carbamates (subject to hydrolysis) is 1. The van der Waals surface area contributed by atoms with Gasteiger partial charge in [-0.3, -0.25) is 9.59 Å². The van der Waals surface area contributed by atoms with Gasteiger partial charge in [0.1, 0.15) is 0 Å². The molecule has 21 heavy (non-hydrogen) atoms. The third kappa shape index (κ3) is 10.6. The van der Waals surface area contributed by atoms with E-state index in [2.05, 4.69) is 10.1 Å². The summed E-state index contributed by atoms with van der Waals surface area (Å²) < 4.78 is 9.47. The lowest BCUT2D eigenvalue weighted by molar-refractivity contribution is -0.162. The molecule has 0 aromatic heterocycles. The van der Waals surface area contributed by atoms with Crippen LogP contribution >= 0.6 is 0 Å². The lowest BCUT2D eigenvalue weighted by atomic mass is 9.91. The Morgan fingerprint density at radius 1 is 1.19 bits per heavy atom. The van der Waals surface area contributed by atoms with Gasteiger partial charge in [0.15, 0.2) is 0 Å². The molecule has 0 aliphatic heterocycles. The van der Waals surface area contributed by atoms with Gasteiger partial charge in [0.25, 0.3) is 0 Å². The topological polar surface area (TPSA) is 102 Å². The fourth-order valence-electron chi connectivity index (χ4n) is 1.90. The Bertz CT molecular complexity index is 357. The van der Waals surface area contributed by atoms with Crippen molar-refractivity contribution in [2.75, 3.05) is 6.54 Å². The Morgan fingerprint density at radius 3 is 2.29 bits per heavy atom. The molecule has 0 saturated carbocycles. The minimum absolute atomic E-state index is 0.00980. The molecule has 0 radical (unpaired) electrons. The number of hydrogen-bond acceptors (Lipinski definition) is 5. The van der Waals surface area contributed by atoms with Crippen LogP contribution in [0.25, 0.3) is 0 Å². The zero-order valence-corrected chi connectivity index (χ0v) is 13.0. The zero-order valence-electron chi connectivity index (χ0n) is 13.0. The molecule has 7 nitrogen and oxygen atoms in total. The molecule has 0 spiro atoms. The lowest BCUT2D eigenvalue weighted by Crippen LogP contribution is -2.34. The summed E-state index contributed by atoms with van der Waals surface area (Å²) in [6, 6.07) is 0. The van der Waals surface area contributed by atoms with Gasteiger partial charge in [-0.25, -0.2) is 4.79 Å². The first kappa shape index (κ1) is 19.2. The second-order valence-corrected chi connectivity index (χ2v) is 5.18. The van der Waals surface area contributed by atoms with E-state index in [4.69, 9.17) is 9.84 Å². The van der Waals surface area contributed by atoms with E-state index in [1.165, 1.54) is 13.8 Å². The molecule has 0 rings (SSSR count). The molecule has 0 aliphatic rings. The standard InChI is InChI=1S/C14H25NO6/c1-5-9(2)6-12(7-13(17)18)8-15-14(19)21-11(4)20-10(3)16/h9,11-12H,5-8H2,1-4H3,(H,15,19)(H,17,18)/t9-,11+,12+/m1/s1. The number of nitrogens with one attached hydrogen (secondary N) is 1. The molecule has 7 heteroatoms. The number of hydrogen-bond donors (Lipinski definition) is 2. The van der Waals surface area contributed by atoms with Crippen LogP contribution in [-0.4, -0.2) is 36.0 Å². The Kier molecular flexibility index (Phi) is 9.16. The number of carbonyl (C=O) groups is 3. The van der Waals surface area contributed by atoms with E-state index >= 15 is 0 Å². The van der Waals surface area contributed by atoms with E-state index < -0.39 is 24.3 Å². The predicted octanol–water partition coefficient (Wildman–Crippen LogP) is 2.15. The van der Waals surface area contributed by atoms with Gasteiger partial charge in [0.05, 0.1) is 0 Å². The van der Waals surface area contributed by atoms with Crippen molar-refractivity contribution < 1.29 is 29.0 Å². The molecule has 2 N–H and O–H groups in total. The highest BCUT2D eigenvalue weighted by Crippen LogP contribution is 2.17. The Morgan fingerprint density at radius 2 is 1.81 bits per heavy atom. The first-order valence-electron chi connectivity index (χ1n) is 7.08. The smallest absolute Gasteiger partial charge is 0.410 e. The Labute approximate surface area is 125 Å². The summed E-state index contributed by atoms with van der Waals surface area (Å²) in [5.74, 6) is -1.22. The highest BCUT2D eigenvalue weighted by atomic mass is 16.7. The fourth-order valence-corrected chi connectivity index (χ4v) is 1.90. The van der Waals surface area contributed by atoms with Gasteiger partial charge in [-0.05, 0) is 18.3 Å². The van der Waals surface area contributed by atoms with Crippen molar-refractivity contribution in [3.8, 4) is 0 Å². The zero-order chi connectivity index (χ0) is 16.4. The maximum atomic E-state index is 11.5. The molecule has 0 heterocycles. The first-order valence-corrected chi connectivity index (χ1v) is 7.08. The van der Waals surface area contributed by atoms with Gasteiger partial charge in [-0.15, -0.1) is 0 Å². The molecule has 0 bridgehead atoms. The van der Waals surface area contributed by atoms with Gasteiger partial charge < -0.3 is 19.9 Å². The number of amides is 1. The molecule has 0 aromatic rings. The molecule has 3 atom stereocenters. The summed E-state index contributed by atoms with van der Waals surface area (Å²) in [5.41, 5.74) is 0. The summed E-state index contributed by atoms with van der Waals surface area (Å²) in [7, 11) is 0. The SMILES string of the molecule is CC[C@@H](C)C[C@H](CNC(=O)O[C@@H](C)OC(C)=O)CC(=O)O. The normalized spacial score (nSPS) is 14.7.